The van der Waals surface area contributed by atoms with Crippen LogP contribution in [-0.4, -0.2) is 42.4 Å². The van der Waals surface area contributed by atoms with Crippen molar-refractivity contribution in [3.05, 3.63) is 0 Å². The van der Waals surface area contributed by atoms with Gasteiger partial charge in [0.2, 0.25) is 0 Å². The molecule has 0 aliphatic carbocycles. The Balaban J connectivity index is 2.16. The van der Waals surface area contributed by atoms with Crippen molar-refractivity contribution in [1.82, 2.24) is 10.6 Å². The van der Waals surface area contributed by atoms with Crippen LogP contribution < -0.4 is 10.6 Å². The molecule has 1 rings (SSSR count). The highest BCUT2D eigenvalue weighted by Crippen LogP contribution is 2.19. The lowest BCUT2D eigenvalue weighted by atomic mass is 9.98. The predicted octanol–water partition coefficient (Wildman–Crippen LogP) is 1.21. The van der Waals surface area contributed by atoms with E-state index in [1.165, 1.54) is 0 Å². The van der Waals surface area contributed by atoms with Gasteiger partial charge in [0.05, 0.1) is 6.10 Å². The third-order valence-electron chi connectivity index (χ3n) is 3.60. The van der Waals surface area contributed by atoms with Gasteiger partial charge in [0.25, 0.3) is 0 Å². The molecule has 6 heteroatoms. The van der Waals surface area contributed by atoms with E-state index in [0.29, 0.717) is 37.8 Å². The van der Waals surface area contributed by atoms with Crippen LogP contribution in [0.2, 0.25) is 0 Å². The van der Waals surface area contributed by atoms with Crippen LogP contribution in [0.3, 0.4) is 0 Å². The smallest absolute Gasteiger partial charge is 0.332 e. The third kappa shape index (κ3) is 5.46. The molecule has 0 saturated carbocycles. The van der Waals surface area contributed by atoms with E-state index in [1.807, 2.05) is 0 Å². The molecular weight excluding hydrogens is 248 g/mol. The Hall–Kier alpha value is -1.30. The quantitative estimate of drug-likeness (QED) is 0.678. The van der Waals surface area contributed by atoms with Crippen molar-refractivity contribution < 1.29 is 19.4 Å². The van der Waals surface area contributed by atoms with Crippen LogP contribution in [0.25, 0.3) is 0 Å². The summed E-state index contributed by atoms with van der Waals surface area (Å²) in [6.07, 6.45) is 0.248. The maximum atomic E-state index is 11.5. The third-order valence-corrected chi connectivity index (χ3v) is 3.60. The van der Waals surface area contributed by atoms with Gasteiger partial charge in [-0.1, -0.05) is 20.8 Å². The number of aliphatic carboxylic acids is 1. The number of carboxylic acids is 1. The van der Waals surface area contributed by atoms with E-state index < -0.39 is 12.1 Å². The first-order chi connectivity index (χ1) is 8.90. The van der Waals surface area contributed by atoms with Crippen LogP contribution in [0.5, 0.6) is 0 Å². The van der Waals surface area contributed by atoms with Crippen LogP contribution in [0, 0.1) is 11.8 Å². The molecule has 6 nitrogen and oxygen atoms in total. The Morgan fingerprint density at radius 2 is 1.95 bits per heavy atom. The minimum atomic E-state index is -0.933. The number of carbonyl (C=O) groups excluding carboxylic acids is 1. The van der Waals surface area contributed by atoms with Gasteiger partial charge in [-0.15, -0.1) is 0 Å². The second kappa shape index (κ2) is 7.33. The summed E-state index contributed by atoms with van der Waals surface area (Å²) >= 11 is 0. The standard InChI is InChI=1S/C13H24N2O4/c1-8(2)9(3)6-14-13(18)15-7-10-4-5-11(19-10)12(16)17/h8-11H,4-7H2,1-3H3,(H,16,17)(H2,14,15,18). The summed E-state index contributed by atoms with van der Waals surface area (Å²) in [7, 11) is 0. The van der Waals surface area contributed by atoms with Gasteiger partial charge in [-0.2, -0.15) is 0 Å². The topological polar surface area (TPSA) is 87.7 Å². The predicted molar refractivity (Wildman–Crippen MR) is 70.9 cm³/mol. The molecular formula is C13H24N2O4. The molecule has 1 aliphatic heterocycles. The molecule has 0 spiro atoms. The van der Waals surface area contributed by atoms with E-state index >= 15 is 0 Å². The number of nitrogens with one attached hydrogen (secondary N) is 2. The Morgan fingerprint density at radius 3 is 2.47 bits per heavy atom. The van der Waals surface area contributed by atoms with Gasteiger partial charge < -0.3 is 20.5 Å². The average molecular weight is 272 g/mol. The molecule has 0 bridgehead atoms. The fraction of sp³-hybridized carbons (Fsp3) is 0.846. The van der Waals surface area contributed by atoms with E-state index in [4.69, 9.17) is 9.84 Å². The van der Waals surface area contributed by atoms with Crippen molar-refractivity contribution in [2.75, 3.05) is 13.1 Å². The van der Waals surface area contributed by atoms with Crippen molar-refractivity contribution >= 4 is 12.0 Å². The Labute approximate surface area is 113 Å². The summed E-state index contributed by atoms with van der Waals surface area (Å²) in [6.45, 7) is 7.30. The number of ether oxygens (including phenoxy) is 1. The lowest BCUT2D eigenvalue weighted by Crippen LogP contribution is -2.42. The zero-order valence-electron chi connectivity index (χ0n) is 11.8. The number of urea groups is 1. The lowest BCUT2D eigenvalue weighted by molar-refractivity contribution is -0.149. The Morgan fingerprint density at radius 1 is 1.26 bits per heavy atom. The Bertz CT molecular complexity index is 320. The summed E-state index contributed by atoms with van der Waals surface area (Å²) in [6, 6.07) is -0.227. The van der Waals surface area contributed by atoms with E-state index in [2.05, 4.69) is 31.4 Å². The van der Waals surface area contributed by atoms with Gasteiger partial charge in [-0.05, 0) is 24.7 Å². The SMILES string of the molecule is CC(C)C(C)CNC(=O)NCC1CCC(C(=O)O)O1. The first kappa shape index (κ1) is 15.8. The first-order valence-electron chi connectivity index (χ1n) is 6.80. The number of hydrogen-bond donors (Lipinski definition) is 3. The van der Waals surface area contributed by atoms with E-state index in [-0.39, 0.29) is 12.1 Å². The summed E-state index contributed by atoms with van der Waals surface area (Å²) in [5, 5.41) is 14.3. The fourth-order valence-corrected chi connectivity index (χ4v) is 1.80. The minimum Gasteiger partial charge on any atom is -0.479 e. The molecule has 0 aromatic rings. The van der Waals surface area contributed by atoms with Crippen LogP contribution in [0.4, 0.5) is 4.79 Å². The second-order valence-electron chi connectivity index (χ2n) is 5.47. The number of amides is 2. The largest absolute Gasteiger partial charge is 0.479 e. The normalized spacial score (nSPS) is 24.2. The molecule has 0 radical (unpaired) electrons. The number of carbonyl (C=O) groups is 2. The van der Waals surface area contributed by atoms with Crippen LogP contribution in [-0.2, 0) is 9.53 Å². The fourth-order valence-electron chi connectivity index (χ4n) is 1.80. The molecule has 1 heterocycles. The lowest BCUT2D eigenvalue weighted by Gasteiger charge is -2.17. The van der Waals surface area contributed by atoms with Crippen molar-refractivity contribution in [1.29, 1.82) is 0 Å². The maximum absolute atomic E-state index is 11.5. The van der Waals surface area contributed by atoms with Crippen LogP contribution in [0.15, 0.2) is 0 Å². The molecule has 110 valence electrons. The van der Waals surface area contributed by atoms with Gasteiger partial charge in [0, 0.05) is 13.1 Å². The van der Waals surface area contributed by atoms with Crippen molar-refractivity contribution in [3.8, 4) is 0 Å². The minimum absolute atomic E-state index is 0.200. The van der Waals surface area contributed by atoms with Gasteiger partial charge >= 0.3 is 12.0 Å². The molecule has 2 amide bonds. The van der Waals surface area contributed by atoms with Gasteiger partial charge in [0.1, 0.15) is 0 Å². The van der Waals surface area contributed by atoms with Crippen molar-refractivity contribution in [3.63, 3.8) is 0 Å². The summed E-state index contributed by atoms with van der Waals surface area (Å²) in [4.78, 5) is 22.2. The molecule has 1 fully saturated rings. The van der Waals surface area contributed by atoms with Gasteiger partial charge in [-0.25, -0.2) is 9.59 Å². The molecule has 0 aromatic heterocycles. The molecule has 1 saturated heterocycles. The molecule has 1 aliphatic rings. The summed E-state index contributed by atoms with van der Waals surface area (Å²) in [5.41, 5.74) is 0. The second-order valence-corrected chi connectivity index (χ2v) is 5.47. The number of rotatable bonds is 6. The van der Waals surface area contributed by atoms with Crippen LogP contribution >= 0.6 is 0 Å². The highest BCUT2D eigenvalue weighted by atomic mass is 16.5. The average Bonchev–Trinajstić information content (AvgIpc) is 2.82. The highest BCUT2D eigenvalue weighted by molar-refractivity contribution is 5.74. The highest BCUT2D eigenvalue weighted by Gasteiger charge is 2.30. The van der Waals surface area contributed by atoms with E-state index in [1.54, 1.807) is 0 Å². The van der Waals surface area contributed by atoms with Gasteiger partial charge in [-0.3, -0.25) is 0 Å². The molecule has 3 unspecified atom stereocenters. The van der Waals surface area contributed by atoms with Crippen LogP contribution in [0.1, 0.15) is 33.6 Å². The molecule has 19 heavy (non-hydrogen) atoms. The number of carboxylic acid groups (broad SMARTS) is 1. The van der Waals surface area contributed by atoms with E-state index in [9.17, 15) is 9.59 Å². The summed E-state index contributed by atoms with van der Waals surface area (Å²) < 4.78 is 5.30. The first-order valence-corrected chi connectivity index (χ1v) is 6.80. The van der Waals surface area contributed by atoms with E-state index in [0.717, 1.165) is 0 Å². The monoisotopic (exact) mass is 272 g/mol. The number of hydrogen-bond acceptors (Lipinski definition) is 3. The zero-order chi connectivity index (χ0) is 14.4. The molecule has 3 N–H and O–H groups in total. The summed E-state index contributed by atoms with van der Waals surface area (Å²) in [5.74, 6) is 0.0115. The Kier molecular flexibility index (Phi) is 6.08. The zero-order valence-corrected chi connectivity index (χ0v) is 11.8. The molecule has 0 aromatic carbocycles. The molecule has 3 atom stereocenters. The van der Waals surface area contributed by atoms with Crippen molar-refractivity contribution in [2.45, 2.75) is 45.8 Å². The maximum Gasteiger partial charge on any atom is 0.332 e. The van der Waals surface area contributed by atoms with Crippen molar-refractivity contribution in [2.24, 2.45) is 11.8 Å². The van der Waals surface area contributed by atoms with Gasteiger partial charge in [0.15, 0.2) is 6.10 Å².